The van der Waals surface area contributed by atoms with Crippen molar-refractivity contribution in [3.63, 3.8) is 0 Å². The molecule has 0 saturated carbocycles. The van der Waals surface area contributed by atoms with Crippen LogP contribution in [0.1, 0.15) is 39.9 Å². The molecule has 1 aliphatic rings. The SMILES string of the molecule is Cc1ccc(C(=O)C2CCN(CC(=O)Nc3c(C)cccc3C)CC2)cc1. The zero-order valence-corrected chi connectivity index (χ0v) is 16.4. The van der Waals surface area contributed by atoms with Crippen LogP contribution in [0.15, 0.2) is 42.5 Å². The van der Waals surface area contributed by atoms with Crippen LogP contribution in [-0.2, 0) is 4.79 Å². The summed E-state index contributed by atoms with van der Waals surface area (Å²) in [6.45, 7) is 7.97. The van der Waals surface area contributed by atoms with Gasteiger partial charge in [0.15, 0.2) is 5.78 Å². The number of para-hydroxylation sites is 1. The summed E-state index contributed by atoms with van der Waals surface area (Å²) in [5.41, 5.74) is 5.02. The van der Waals surface area contributed by atoms with Crippen molar-refractivity contribution in [3.8, 4) is 0 Å². The molecule has 4 nitrogen and oxygen atoms in total. The first-order valence-electron chi connectivity index (χ1n) is 9.63. The van der Waals surface area contributed by atoms with Crippen LogP contribution in [0.25, 0.3) is 0 Å². The highest BCUT2D eigenvalue weighted by Gasteiger charge is 2.26. The van der Waals surface area contributed by atoms with E-state index in [-0.39, 0.29) is 17.6 Å². The van der Waals surface area contributed by atoms with E-state index in [9.17, 15) is 9.59 Å². The normalized spacial score (nSPS) is 15.5. The van der Waals surface area contributed by atoms with Crippen LogP contribution < -0.4 is 5.32 Å². The second-order valence-electron chi connectivity index (χ2n) is 7.60. The molecule has 0 unspecified atom stereocenters. The first kappa shape index (κ1) is 19.3. The number of rotatable bonds is 5. The molecule has 3 rings (SSSR count). The Labute approximate surface area is 161 Å². The Hall–Kier alpha value is -2.46. The Morgan fingerprint density at radius 3 is 2.15 bits per heavy atom. The average molecular weight is 364 g/mol. The van der Waals surface area contributed by atoms with Crippen molar-refractivity contribution in [1.29, 1.82) is 0 Å². The Bertz CT molecular complexity index is 799. The van der Waals surface area contributed by atoms with Crippen LogP contribution in [0.3, 0.4) is 0 Å². The molecule has 0 aromatic heterocycles. The summed E-state index contributed by atoms with van der Waals surface area (Å²) in [4.78, 5) is 27.2. The van der Waals surface area contributed by atoms with Crippen molar-refractivity contribution in [2.75, 3.05) is 25.0 Å². The highest BCUT2D eigenvalue weighted by atomic mass is 16.2. The fourth-order valence-electron chi connectivity index (χ4n) is 3.70. The van der Waals surface area contributed by atoms with E-state index in [1.807, 2.05) is 63.2 Å². The highest BCUT2D eigenvalue weighted by molar-refractivity contribution is 5.98. The monoisotopic (exact) mass is 364 g/mol. The van der Waals surface area contributed by atoms with Gasteiger partial charge in [0, 0.05) is 17.2 Å². The van der Waals surface area contributed by atoms with Gasteiger partial charge in [-0.1, -0.05) is 48.0 Å². The number of Topliss-reactive ketones (excluding diaryl/α,β-unsaturated/α-hetero) is 1. The molecule has 4 heteroatoms. The summed E-state index contributed by atoms with van der Waals surface area (Å²) in [5, 5.41) is 3.04. The van der Waals surface area contributed by atoms with Crippen LogP contribution in [0.2, 0.25) is 0 Å². The number of carbonyl (C=O) groups excluding carboxylic acids is 2. The van der Waals surface area contributed by atoms with Gasteiger partial charge in [0.05, 0.1) is 6.54 Å². The molecule has 2 aromatic carbocycles. The maximum atomic E-state index is 12.7. The quantitative estimate of drug-likeness (QED) is 0.811. The molecule has 0 bridgehead atoms. The summed E-state index contributed by atoms with van der Waals surface area (Å²) >= 11 is 0. The molecular weight excluding hydrogens is 336 g/mol. The number of aryl methyl sites for hydroxylation is 3. The minimum atomic E-state index is 0.00992. The molecule has 1 amide bonds. The number of benzene rings is 2. The third-order valence-corrected chi connectivity index (χ3v) is 5.41. The first-order valence-corrected chi connectivity index (χ1v) is 9.63. The molecular formula is C23H28N2O2. The lowest BCUT2D eigenvalue weighted by molar-refractivity contribution is -0.117. The van der Waals surface area contributed by atoms with E-state index >= 15 is 0 Å². The molecule has 2 aromatic rings. The van der Waals surface area contributed by atoms with Crippen LogP contribution in [0.4, 0.5) is 5.69 Å². The van der Waals surface area contributed by atoms with Crippen molar-refractivity contribution < 1.29 is 9.59 Å². The molecule has 0 atom stereocenters. The summed E-state index contributed by atoms with van der Waals surface area (Å²) < 4.78 is 0. The lowest BCUT2D eigenvalue weighted by Crippen LogP contribution is -2.40. The van der Waals surface area contributed by atoms with Crippen molar-refractivity contribution in [2.45, 2.75) is 33.6 Å². The number of hydrogen-bond donors (Lipinski definition) is 1. The molecule has 1 N–H and O–H groups in total. The predicted octanol–water partition coefficient (Wildman–Crippen LogP) is 4.15. The van der Waals surface area contributed by atoms with E-state index in [1.54, 1.807) is 0 Å². The Kier molecular flexibility index (Phi) is 6.07. The van der Waals surface area contributed by atoms with Crippen LogP contribution in [0.5, 0.6) is 0 Å². The summed E-state index contributed by atoms with van der Waals surface area (Å²) in [7, 11) is 0. The largest absolute Gasteiger partial charge is 0.324 e. The van der Waals surface area contributed by atoms with Crippen LogP contribution >= 0.6 is 0 Å². The van der Waals surface area contributed by atoms with Crippen LogP contribution in [0, 0.1) is 26.7 Å². The number of piperidine rings is 1. The molecule has 27 heavy (non-hydrogen) atoms. The van der Waals surface area contributed by atoms with Crippen molar-refractivity contribution in [3.05, 3.63) is 64.7 Å². The molecule has 0 radical (unpaired) electrons. The van der Waals surface area contributed by atoms with Gasteiger partial charge in [-0.2, -0.15) is 0 Å². The number of likely N-dealkylation sites (tertiary alicyclic amines) is 1. The third kappa shape index (κ3) is 4.83. The van der Waals surface area contributed by atoms with E-state index in [4.69, 9.17) is 0 Å². The minimum absolute atomic E-state index is 0.00992. The number of carbonyl (C=O) groups is 2. The van der Waals surface area contributed by atoms with Gasteiger partial charge in [0.1, 0.15) is 0 Å². The van der Waals surface area contributed by atoms with Gasteiger partial charge in [-0.15, -0.1) is 0 Å². The summed E-state index contributed by atoms with van der Waals surface area (Å²) in [6.07, 6.45) is 1.62. The van der Waals surface area contributed by atoms with Gasteiger partial charge in [-0.3, -0.25) is 14.5 Å². The fourth-order valence-corrected chi connectivity index (χ4v) is 3.70. The molecule has 1 aliphatic heterocycles. The second-order valence-corrected chi connectivity index (χ2v) is 7.60. The molecule has 1 heterocycles. The number of anilines is 1. The molecule has 0 spiro atoms. The van der Waals surface area contributed by atoms with Gasteiger partial charge in [0.25, 0.3) is 0 Å². The van der Waals surface area contributed by atoms with Crippen molar-refractivity contribution >= 4 is 17.4 Å². The van der Waals surface area contributed by atoms with E-state index in [1.165, 1.54) is 0 Å². The standard InChI is InChI=1S/C23H28N2O2/c1-16-7-9-19(10-8-16)23(27)20-11-13-25(14-12-20)15-21(26)24-22-17(2)5-4-6-18(22)3/h4-10,20H,11-15H2,1-3H3,(H,24,26). The number of hydrogen-bond acceptors (Lipinski definition) is 3. The maximum Gasteiger partial charge on any atom is 0.238 e. The maximum absolute atomic E-state index is 12.7. The molecule has 1 saturated heterocycles. The second kappa shape index (κ2) is 8.49. The number of ketones is 1. The van der Waals surface area contributed by atoms with Crippen molar-refractivity contribution in [2.24, 2.45) is 5.92 Å². The Morgan fingerprint density at radius 2 is 1.56 bits per heavy atom. The lowest BCUT2D eigenvalue weighted by Gasteiger charge is -2.30. The minimum Gasteiger partial charge on any atom is -0.324 e. The predicted molar refractivity (Wildman–Crippen MR) is 109 cm³/mol. The summed E-state index contributed by atoms with van der Waals surface area (Å²) in [5.74, 6) is 0.302. The van der Waals surface area contributed by atoms with E-state index in [0.29, 0.717) is 6.54 Å². The van der Waals surface area contributed by atoms with Gasteiger partial charge < -0.3 is 5.32 Å². The molecule has 1 fully saturated rings. The highest BCUT2D eigenvalue weighted by Crippen LogP contribution is 2.23. The zero-order valence-electron chi connectivity index (χ0n) is 16.4. The number of nitrogens with zero attached hydrogens (tertiary/aromatic N) is 1. The first-order chi connectivity index (χ1) is 12.9. The van der Waals surface area contributed by atoms with Gasteiger partial charge in [0.2, 0.25) is 5.91 Å². The lowest BCUT2D eigenvalue weighted by atomic mass is 9.88. The van der Waals surface area contributed by atoms with E-state index in [0.717, 1.165) is 53.9 Å². The summed E-state index contributed by atoms with van der Waals surface area (Å²) in [6, 6.07) is 13.8. The Morgan fingerprint density at radius 1 is 0.963 bits per heavy atom. The topological polar surface area (TPSA) is 49.4 Å². The average Bonchev–Trinajstić information content (AvgIpc) is 2.65. The van der Waals surface area contributed by atoms with Crippen LogP contribution in [-0.4, -0.2) is 36.2 Å². The Balaban J connectivity index is 1.51. The van der Waals surface area contributed by atoms with Gasteiger partial charge >= 0.3 is 0 Å². The smallest absolute Gasteiger partial charge is 0.238 e. The van der Waals surface area contributed by atoms with E-state index in [2.05, 4.69) is 10.2 Å². The number of nitrogens with one attached hydrogen (secondary N) is 1. The third-order valence-electron chi connectivity index (χ3n) is 5.41. The van der Waals surface area contributed by atoms with Gasteiger partial charge in [-0.25, -0.2) is 0 Å². The van der Waals surface area contributed by atoms with Crippen molar-refractivity contribution in [1.82, 2.24) is 4.90 Å². The zero-order chi connectivity index (χ0) is 19.4. The number of amides is 1. The molecule has 142 valence electrons. The van der Waals surface area contributed by atoms with Gasteiger partial charge in [-0.05, 0) is 57.8 Å². The fraction of sp³-hybridized carbons (Fsp3) is 0.391. The molecule has 0 aliphatic carbocycles. The van der Waals surface area contributed by atoms with E-state index < -0.39 is 0 Å².